The number of rotatable bonds is 5. The summed E-state index contributed by atoms with van der Waals surface area (Å²) in [6.45, 7) is 3.04. The Labute approximate surface area is 99.0 Å². The Morgan fingerprint density at radius 1 is 1.60 bits per heavy atom. The van der Waals surface area contributed by atoms with Crippen molar-refractivity contribution in [3.8, 4) is 0 Å². The SMILES string of the molecule is CSC(C)CCNc1cc(Cl)nc(N)n1. The van der Waals surface area contributed by atoms with Gasteiger partial charge in [0.25, 0.3) is 0 Å². The molecule has 1 rings (SSSR count). The number of anilines is 2. The third kappa shape index (κ3) is 4.57. The molecule has 84 valence electrons. The summed E-state index contributed by atoms with van der Waals surface area (Å²) >= 11 is 7.59. The van der Waals surface area contributed by atoms with Gasteiger partial charge in [-0.15, -0.1) is 0 Å². The van der Waals surface area contributed by atoms with E-state index in [4.69, 9.17) is 17.3 Å². The summed E-state index contributed by atoms with van der Waals surface area (Å²) in [5, 5.41) is 4.16. The van der Waals surface area contributed by atoms with Gasteiger partial charge in [-0.1, -0.05) is 18.5 Å². The molecule has 1 aromatic rings. The molecule has 0 aliphatic heterocycles. The van der Waals surface area contributed by atoms with Crippen molar-refractivity contribution in [1.29, 1.82) is 0 Å². The lowest BCUT2D eigenvalue weighted by Crippen LogP contribution is -2.09. The number of nitrogens with two attached hydrogens (primary N) is 1. The van der Waals surface area contributed by atoms with Crippen molar-refractivity contribution in [3.05, 3.63) is 11.2 Å². The van der Waals surface area contributed by atoms with E-state index < -0.39 is 0 Å². The van der Waals surface area contributed by atoms with E-state index in [0.29, 0.717) is 16.2 Å². The quantitative estimate of drug-likeness (QED) is 0.781. The van der Waals surface area contributed by atoms with Gasteiger partial charge in [-0.25, -0.2) is 4.98 Å². The molecule has 4 nitrogen and oxygen atoms in total. The maximum absolute atomic E-state index is 5.74. The number of nitrogens with zero attached hydrogens (tertiary/aromatic N) is 2. The summed E-state index contributed by atoms with van der Waals surface area (Å²) in [6.07, 6.45) is 3.17. The number of hydrogen-bond donors (Lipinski definition) is 2. The predicted octanol–water partition coefficient (Wildman–Crippen LogP) is 2.27. The molecule has 0 radical (unpaired) electrons. The predicted molar refractivity (Wildman–Crippen MR) is 67.5 cm³/mol. The Morgan fingerprint density at radius 2 is 2.33 bits per heavy atom. The molecular weight excluding hydrogens is 232 g/mol. The van der Waals surface area contributed by atoms with Gasteiger partial charge in [-0.3, -0.25) is 0 Å². The van der Waals surface area contributed by atoms with Gasteiger partial charge in [-0.05, 0) is 12.7 Å². The molecule has 1 unspecified atom stereocenters. The first-order valence-electron chi connectivity index (χ1n) is 4.68. The van der Waals surface area contributed by atoms with E-state index in [-0.39, 0.29) is 5.95 Å². The molecule has 1 heterocycles. The molecular formula is C9H15ClN4S. The van der Waals surface area contributed by atoms with E-state index in [2.05, 4.69) is 28.5 Å². The molecule has 0 fully saturated rings. The second kappa shape index (κ2) is 6.02. The topological polar surface area (TPSA) is 63.8 Å². The number of aromatic nitrogens is 2. The Hall–Kier alpha value is -0.680. The van der Waals surface area contributed by atoms with Crippen LogP contribution in [0.1, 0.15) is 13.3 Å². The zero-order valence-corrected chi connectivity index (χ0v) is 10.4. The Morgan fingerprint density at radius 3 is 2.93 bits per heavy atom. The summed E-state index contributed by atoms with van der Waals surface area (Å²) in [4.78, 5) is 7.80. The van der Waals surface area contributed by atoms with Crippen molar-refractivity contribution in [2.24, 2.45) is 0 Å². The van der Waals surface area contributed by atoms with Crippen molar-refractivity contribution >= 4 is 35.1 Å². The van der Waals surface area contributed by atoms with E-state index in [1.807, 2.05) is 11.8 Å². The van der Waals surface area contributed by atoms with Crippen LogP contribution in [0.25, 0.3) is 0 Å². The fraction of sp³-hybridized carbons (Fsp3) is 0.556. The first-order chi connectivity index (χ1) is 7.11. The third-order valence-corrected chi connectivity index (χ3v) is 3.21. The summed E-state index contributed by atoms with van der Waals surface area (Å²) in [5.74, 6) is 0.878. The van der Waals surface area contributed by atoms with Gasteiger partial charge in [-0.2, -0.15) is 16.7 Å². The fourth-order valence-corrected chi connectivity index (χ4v) is 1.59. The molecule has 0 amide bonds. The van der Waals surface area contributed by atoms with Crippen molar-refractivity contribution in [1.82, 2.24) is 9.97 Å². The van der Waals surface area contributed by atoms with Crippen LogP contribution in [0, 0.1) is 0 Å². The molecule has 0 bridgehead atoms. The number of halogens is 1. The number of hydrogen-bond acceptors (Lipinski definition) is 5. The van der Waals surface area contributed by atoms with Gasteiger partial charge < -0.3 is 11.1 Å². The molecule has 0 spiro atoms. The smallest absolute Gasteiger partial charge is 0.223 e. The van der Waals surface area contributed by atoms with E-state index >= 15 is 0 Å². The highest BCUT2D eigenvalue weighted by molar-refractivity contribution is 7.99. The maximum Gasteiger partial charge on any atom is 0.223 e. The van der Waals surface area contributed by atoms with Crippen molar-refractivity contribution in [2.75, 3.05) is 23.9 Å². The lowest BCUT2D eigenvalue weighted by Gasteiger charge is -2.09. The van der Waals surface area contributed by atoms with Crippen LogP contribution in [0.4, 0.5) is 11.8 Å². The molecule has 15 heavy (non-hydrogen) atoms. The molecule has 0 aliphatic carbocycles. The molecule has 0 saturated heterocycles. The summed E-state index contributed by atoms with van der Waals surface area (Å²) in [7, 11) is 0. The average molecular weight is 247 g/mol. The van der Waals surface area contributed by atoms with E-state index in [0.717, 1.165) is 13.0 Å². The molecule has 0 aromatic carbocycles. The second-order valence-electron chi connectivity index (χ2n) is 3.20. The normalized spacial score (nSPS) is 12.5. The van der Waals surface area contributed by atoms with E-state index in [1.54, 1.807) is 6.07 Å². The molecule has 3 N–H and O–H groups in total. The van der Waals surface area contributed by atoms with Crippen LogP contribution in [-0.2, 0) is 0 Å². The summed E-state index contributed by atoms with van der Waals surface area (Å²) in [6, 6.07) is 1.67. The Bertz CT molecular complexity index is 301. The van der Waals surface area contributed by atoms with Crippen LogP contribution < -0.4 is 11.1 Å². The van der Waals surface area contributed by atoms with Gasteiger partial charge in [0.2, 0.25) is 5.95 Å². The van der Waals surface area contributed by atoms with Crippen LogP contribution in [0.15, 0.2) is 6.07 Å². The van der Waals surface area contributed by atoms with Crippen LogP contribution >= 0.6 is 23.4 Å². The fourth-order valence-electron chi connectivity index (χ4n) is 1.05. The molecule has 1 atom stereocenters. The summed E-state index contributed by atoms with van der Waals surface area (Å²) < 4.78 is 0. The van der Waals surface area contributed by atoms with Gasteiger partial charge >= 0.3 is 0 Å². The van der Waals surface area contributed by atoms with Crippen molar-refractivity contribution in [2.45, 2.75) is 18.6 Å². The molecule has 6 heteroatoms. The average Bonchev–Trinajstić information content (AvgIpc) is 2.16. The molecule has 0 aliphatic rings. The maximum atomic E-state index is 5.74. The zero-order chi connectivity index (χ0) is 11.3. The second-order valence-corrected chi connectivity index (χ2v) is 4.86. The Kier molecular flexibility index (Phi) is 4.98. The largest absolute Gasteiger partial charge is 0.370 e. The highest BCUT2D eigenvalue weighted by Crippen LogP contribution is 2.13. The minimum atomic E-state index is 0.197. The lowest BCUT2D eigenvalue weighted by molar-refractivity contribution is 0.849. The monoisotopic (exact) mass is 246 g/mol. The number of nitrogen functional groups attached to an aromatic ring is 1. The Balaban J connectivity index is 2.43. The third-order valence-electron chi connectivity index (χ3n) is 1.97. The highest BCUT2D eigenvalue weighted by atomic mass is 35.5. The van der Waals surface area contributed by atoms with Gasteiger partial charge in [0.05, 0.1) is 0 Å². The van der Waals surface area contributed by atoms with Crippen molar-refractivity contribution in [3.63, 3.8) is 0 Å². The van der Waals surface area contributed by atoms with Crippen LogP contribution in [0.2, 0.25) is 5.15 Å². The zero-order valence-electron chi connectivity index (χ0n) is 8.83. The first-order valence-corrected chi connectivity index (χ1v) is 6.35. The highest BCUT2D eigenvalue weighted by Gasteiger charge is 2.01. The van der Waals surface area contributed by atoms with Gasteiger partial charge in [0.15, 0.2) is 0 Å². The van der Waals surface area contributed by atoms with E-state index in [9.17, 15) is 0 Å². The van der Waals surface area contributed by atoms with Gasteiger partial charge in [0, 0.05) is 17.9 Å². The number of nitrogens with one attached hydrogen (secondary N) is 1. The minimum Gasteiger partial charge on any atom is -0.370 e. The summed E-state index contributed by atoms with van der Waals surface area (Å²) in [5.41, 5.74) is 5.47. The van der Waals surface area contributed by atoms with E-state index in [1.165, 1.54) is 0 Å². The van der Waals surface area contributed by atoms with Crippen molar-refractivity contribution < 1.29 is 0 Å². The first kappa shape index (κ1) is 12.4. The van der Waals surface area contributed by atoms with Crippen LogP contribution in [0.5, 0.6) is 0 Å². The van der Waals surface area contributed by atoms with Crippen LogP contribution in [0.3, 0.4) is 0 Å². The minimum absolute atomic E-state index is 0.197. The van der Waals surface area contributed by atoms with Crippen LogP contribution in [-0.4, -0.2) is 28.0 Å². The lowest BCUT2D eigenvalue weighted by atomic mass is 10.3. The molecule has 1 aromatic heterocycles. The number of thioether (sulfide) groups is 1. The standard InChI is InChI=1S/C9H15ClN4S/c1-6(15-2)3-4-12-8-5-7(10)13-9(11)14-8/h5-6H,3-4H2,1-2H3,(H3,11,12,13,14). The molecule has 0 saturated carbocycles. The van der Waals surface area contributed by atoms with Gasteiger partial charge in [0.1, 0.15) is 11.0 Å².